The summed E-state index contributed by atoms with van der Waals surface area (Å²) in [6, 6.07) is 2.70. The minimum atomic E-state index is 0. The predicted molar refractivity (Wildman–Crippen MR) is 103 cm³/mol. The second-order valence-electron chi connectivity index (χ2n) is 6.60. The summed E-state index contributed by atoms with van der Waals surface area (Å²) in [6.07, 6.45) is 10.1. The van der Waals surface area contributed by atoms with E-state index in [-0.39, 0.29) is 24.8 Å². The van der Waals surface area contributed by atoms with Gasteiger partial charge >= 0.3 is 0 Å². The minimum absolute atomic E-state index is 0. The van der Waals surface area contributed by atoms with Gasteiger partial charge in [0.1, 0.15) is 5.69 Å². The van der Waals surface area contributed by atoms with E-state index in [9.17, 15) is 0 Å². The summed E-state index contributed by atoms with van der Waals surface area (Å²) in [5.74, 6) is 1.01. The molecule has 25 heavy (non-hydrogen) atoms. The fraction of sp³-hybridized carbons (Fsp3) is 0.647. The maximum Gasteiger partial charge on any atom is 0.160 e. The third-order valence-electron chi connectivity index (χ3n) is 5.16. The van der Waals surface area contributed by atoms with Crippen LogP contribution < -0.4 is 5.32 Å². The number of imidazole rings is 1. The summed E-state index contributed by atoms with van der Waals surface area (Å²) in [5, 5.41) is 8.26. The van der Waals surface area contributed by atoms with Crippen LogP contribution in [0.25, 0.3) is 11.5 Å². The van der Waals surface area contributed by atoms with Gasteiger partial charge in [0.25, 0.3) is 0 Å². The lowest BCUT2D eigenvalue weighted by Crippen LogP contribution is -2.22. The van der Waals surface area contributed by atoms with Crippen molar-refractivity contribution in [1.29, 1.82) is 0 Å². The van der Waals surface area contributed by atoms with Gasteiger partial charge in [-0.15, -0.1) is 24.8 Å². The molecule has 8 heteroatoms. The Morgan fingerprint density at radius 1 is 1.20 bits per heavy atom. The van der Waals surface area contributed by atoms with Crippen LogP contribution >= 0.6 is 24.8 Å². The molecule has 0 aromatic carbocycles. The van der Waals surface area contributed by atoms with E-state index < -0.39 is 0 Å². The number of nitrogens with zero attached hydrogens (tertiary/aromatic N) is 4. The van der Waals surface area contributed by atoms with E-state index in [4.69, 9.17) is 9.84 Å². The second kappa shape index (κ2) is 9.03. The van der Waals surface area contributed by atoms with Crippen LogP contribution in [0.2, 0.25) is 0 Å². The lowest BCUT2D eigenvalue weighted by atomic mass is 9.92. The monoisotopic (exact) mass is 387 g/mol. The summed E-state index contributed by atoms with van der Waals surface area (Å²) >= 11 is 0. The first-order valence-corrected chi connectivity index (χ1v) is 8.68. The van der Waals surface area contributed by atoms with E-state index in [2.05, 4.69) is 31.8 Å². The third kappa shape index (κ3) is 4.19. The van der Waals surface area contributed by atoms with Crippen molar-refractivity contribution in [1.82, 2.24) is 24.6 Å². The second-order valence-corrected chi connectivity index (χ2v) is 6.60. The zero-order valence-corrected chi connectivity index (χ0v) is 16.2. The Morgan fingerprint density at radius 3 is 2.76 bits per heavy atom. The van der Waals surface area contributed by atoms with Gasteiger partial charge in [0.2, 0.25) is 0 Å². The van der Waals surface area contributed by atoms with Crippen molar-refractivity contribution in [2.45, 2.75) is 57.3 Å². The number of methoxy groups -OCH3 is 1. The Bertz CT molecular complexity index is 640. The number of halogens is 2. The SMILES string of the molecule is COC1CCC(n2ccnc2-c2cc3n(n2)CCCNC3)CC1.Cl.Cl. The van der Waals surface area contributed by atoms with E-state index in [1.54, 1.807) is 0 Å². The molecule has 140 valence electrons. The number of nitrogens with one attached hydrogen (secondary N) is 1. The molecule has 0 amide bonds. The topological polar surface area (TPSA) is 56.9 Å². The molecular weight excluding hydrogens is 361 g/mol. The number of aromatic nitrogens is 4. The van der Waals surface area contributed by atoms with Crippen LogP contribution in [0.4, 0.5) is 0 Å². The van der Waals surface area contributed by atoms with Crippen LogP contribution in [0.5, 0.6) is 0 Å². The van der Waals surface area contributed by atoms with Crippen LogP contribution in [-0.2, 0) is 17.8 Å². The van der Waals surface area contributed by atoms with E-state index in [1.807, 2.05) is 13.3 Å². The highest BCUT2D eigenvalue weighted by Gasteiger charge is 2.25. The molecule has 1 saturated carbocycles. The number of fused-ring (bicyclic) bond motifs is 1. The quantitative estimate of drug-likeness (QED) is 0.877. The molecule has 6 nitrogen and oxygen atoms in total. The molecule has 0 atom stereocenters. The van der Waals surface area contributed by atoms with Gasteiger partial charge < -0.3 is 14.6 Å². The normalized spacial score (nSPS) is 23.1. The smallest absolute Gasteiger partial charge is 0.160 e. The van der Waals surface area contributed by atoms with Crippen LogP contribution in [0.1, 0.15) is 43.8 Å². The first-order valence-electron chi connectivity index (χ1n) is 8.68. The highest BCUT2D eigenvalue weighted by Crippen LogP contribution is 2.32. The molecule has 0 spiro atoms. The fourth-order valence-electron chi connectivity index (χ4n) is 3.84. The summed E-state index contributed by atoms with van der Waals surface area (Å²) < 4.78 is 9.95. The van der Waals surface area contributed by atoms with Gasteiger partial charge in [0.05, 0.1) is 11.8 Å². The number of hydrogen-bond acceptors (Lipinski definition) is 4. The van der Waals surface area contributed by atoms with Crippen molar-refractivity contribution < 1.29 is 4.74 Å². The highest BCUT2D eigenvalue weighted by molar-refractivity contribution is 5.85. The fourth-order valence-corrected chi connectivity index (χ4v) is 3.84. The minimum Gasteiger partial charge on any atom is -0.381 e. The third-order valence-corrected chi connectivity index (χ3v) is 5.16. The first kappa shape index (κ1) is 20.2. The van der Waals surface area contributed by atoms with Gasteiger partial charge in [-0.2, -0.15) is 5.10 Å². The molecule has 1 aliphatic heterocycles. The van der Waals surface area contributed by atoms with Crippen LogP contribution in [0.3, 0.4) is 0 Å². The number of aryl methyl sites for hydroxylation is 1. The van der Waals surface area contributed by atoms with Crippen molar-refractivity contribution in [3.63, 3.8) is 0 Å². The van der Waals surface area contributed by atoms with E-state index in [0.717, 1.165) is 63.3 Å². The summed E-state index contributed by atoms with van der Waals surface area (Å²) in [5.41, 5.74) is 2.26. The van der Waals surface area contributed by atoms with Crippen molar-refractivity contribution in [2.24, 2.45) is 0 Å². The molecule has 0 radical (unpaired) electrons. The van der Waals surface area contributed by atoms with Crippen molar-refractivity contribution in [2.75, 3.05) is 13.7 Å². The molecule has 1 aliphatic carbocycles. The Hall–Kier alpha value is -1.08. The van der Waals surface area contributed by atoms with Gasteiger partial charge in [-0.25, -0.2) is 4.98 Å². The van der Waals surface area contributed by atoms with Crippen molar-refractivity contribution in [3.05, 3.63) is 24.2 Å². The largest absolute Gasteiger partial charge is 0.381 e. The highest BCUT2D eigenvalue weighted by atomic mass is 35.5. The zero-order valence-electron chi connectivity index (χ0n) is 14.6. The molecule has 2 aromatic heterocycles. The van der Waals surface area contributed by atoms with Crippen LogP contribution in [0, 0.1) is 0 Å². The Kier molecular flexibility index (Phi) is 7.31. The molecule has 0 unspecified atom stereocenters. The molecule has 0 bridgehead atoms. The molecule has 3 heterocycles. The number of hydrogen-bond donors (Lipinski definition) is 1. The van der Waals surface area contributed by atoms with Crippen LogP contribution in [-0.4, -0.2) is 39.1 Å². The average Bonchev–Trinajstić information content (AvgIpc) is 3.17. The standard InChI is InChI=1S/C17H25N5O.2ClH/c1-23-15-5-3-13(4-6-15)21-10-8-19-17(21)16-11-14-12-18-7-2-9-22(14)20-16;;/h8,10-11,13,15,18H,2-7,9,12H2,1H3;2*1H. The predicted octanol–water partition coefficient (Wildman–Crippen LogP) is 3.21. The van der Waals surface area contributed by atoms with Gasteiger partial charge in [0.15, 0.2) is 5.82 Å². The molecule has 4 rings (SSSR count). The molecule has 2 aliphatic rings. The Balaban J connectivity index is 0.00000113. The summed E-state index contributed by atoms with van der Waals surface area (Å²) in [4.78, 5) is 4.60. The number of ether oxygens (including phenoxy) is 1. The summed E-state index contributed by atoms with van der Waals surface area (Å²) in [7, 11) is 1.82. The Morgan fingerprint density at radius 2 is 2.00 bits per heavy atom. The lowest BCUT2D eigenvalue weighted by Gasteiger charge is -2.29. The van der Waals surface area contributed by atoms with Crippen molar-refractivity contribution in [3.8, 4) is 11.5 Å². The zero-order chi connectivity index (χ0) is 15.6. The van der Waals surface area contributed by atoms with Crippen molar-refractivity contribution >= 4 is 24.8 Å². The van der Waals surface area contributed by atoms with E-state index in [1.165, 1.54) is 5.69 Å². The number of rotatable bonds is 3. The summed E-state index contributed by atoms with van der Waals surface area (Å²) in [6.45, 7) is 2.95. The van der Waals surface area contributed by atoms with E-state index in [0.29, 0.717) is 12.1 Å². The van der Waals surface area contributed by atoms with Gasteiger partial charge in [-0.05, 0) is 44.7 Å². The Labute approximate surface area is 161 Å². The molecule has 2 aromatic rings. The van der Waals surface area contributed by atoms with Gasteiger partial charge in [0, 0.05) is 38.6 Å². The van der Waals surface area contributed by atoms with Gasteiger partial charge in [-0.1, -0.05) is 0 Å². The first-order chi connectivity index (χ1) is 11.3. The maximum atomic E-state index is 5.49. The van der Waals surface area contributed by atoms with E-state index >= 15 is 0 Å². The molecular formula is C17H27Cl2N5O. The van der Waals surface area contributed by atoms with Crippen LogP contribution in [0.15, 0.2) is 18.5 Å². The average molecular weight is 388 g/mol. The molecule has 0 saturated heterocycles. The lowest BCUT2D eigenvalue weighted by molar-refractivity contribution is 0.0586. The maximum absolute atomic E-state index is 5.49. The molecule has 1 N–H and O–H groups in total. The molecule has 1 fully saturated rings. The van der Waals surface area contributed by atoms with Gasteiger partial charge in [-0.3, -0.25) is 4.68 Å².